The van der Waals surface area contributed by atoms with Gasteiger partial charge < -0.3 is 10.1 Å². The van der Waals surface area contributed by atoms with Gasteiger partial charge >= 0.3 is 6.36 Å². The number of carbonyl (C=O) groups excluding carboxylic acids is 2. The molecule has 2 N–H and O–H groups in total. The number of aryl methyl sites for hydroxylation is 1. The van der Waals surface area contributed by atoms with Gasteiger partial charge in [0, 0.05) is 22.9 Å². The Morgan fingerprint density at radius 1 is 1.15 bits per heavy atom. The number of aromatic nitrogens is 2. The fourth-order valence-corrected chi connectivity index (χ4v) is 4.05. The van der Waals surface area contributed by atoms with E-state index in [0.717, 1.165) is 41.3 Å². The number of nitro groups is 1. The van der Waals surface area contributed by atoms with E-state index >= 15 is 0 Å². The van der Waals surface area contributed by atoms with Crippen molar-refractivity contribution in [2.45, 2.75) is 17.6 Å². The van der Waals surface area contributed by atoms with Crippen LogP contribution in [0.1, 0.15) is 15.9 Å². The van der Waals surface area contributed by atoms with Gasteiger partial charge in [0.1, 0.15) is 5.75 Å². The highest BCUT2D eigenvalue weighted by atomic mass is 32.2. The SMILES string of the molecule is Cc1ccc(C(=O)Nc2nnc(SCC(=O)Nc3ccc(OC(F)(F)F)cc3)s2)cc1[N+](=O)[O-]. The van der Waals surface area contributed by atoms with Crippen molar-refractivity contribution >= 4 is 51.4 Å². The summed E-state index contributed by atoms with van der Waals surface area (Å²) < 4.78 is 40.7. The molecule has 3 aromatic rings. The number of alkyl halides is 3. The number of anilines is 2. The lowest BCUT2D eigenvalue weighted by Gasteiger charge is -2.09. The highest BCUT2D eigenvalue weighted by Gasteiger charge is 2.31. The van der Waals surface area contributed by atoms with Crippen LogP contribution in [0.25, 0.3) is 0 Å². The number of hydrogen-bond donors (Lipinski definition) is 2. The summed E-state index contributed by atoms with van der Waals surface area (Å²) >= 11 is 2.03. The van der Waals surface area contributed by atoms with Crippen LogP contribution in [-0.2, 0) is 4.79 Å². The molecular weight excluding hydrogens is 499 g/mol. The molecule has 10 nitrogen and oxygen atoms in total. The highest BCUT2D eigenvalue weighted by Crippen LogP contribution is 2.27. The molecule has 0 saturated carbocycles. The average Bonchev–Trinajstić information content (AvgIpc) is 3.20. The Hall–Kier alpha value is -3.72. The summed E-state index contributed by atoms with van der Waals surface area (Å²) in [5.74, 6) is -1.54. The van der Waals surface area contributed by atoms with Gasteiger partial charge in [-0.05, 0) is 37.3 Å². The summed E-state index contributed by atoms with van der Waals surface area (Å²) in [6.07, 6.45) is -4.81. The number of ether oxygens (including phenoxy) is 1. The van der Waals surface area contributed by atoms with Crippen LogP contribution in [0.3, 0.4) is 0 Å². The molecule has 0 atom stereocenters. The molecule has 0 aliphatic heterocycles. The van der Waals surface area contributed by atoms with Crippen molar-refractivity contribution in [1.82, 2.24) is 10.2 Å². The molecule has 15 heteroatoms. The smallest absolute Gasteiger partial charge is 0.406 e. The van der Waals surface area contributed by atoms with E-state index in [1.54, 1.807) is 6.92 Å². The number of nitro benzene ring substituents is 1. The Morgan fingerprint density at radius 3 is 2.50 bits per heavy atom. The van der Waals surface area contributed by atoms with Gasteiger partial charge in [-0.25, -0.2) is 0 Å². The number of halogens is 3. The molecule has 0 unspecified atom stereocenters. The predicted octanol–water partition coefficient (Wildman–Crippen LogP) is 4.64. The first-order valence-corrected chi connectivity index (χ1v) is 11.0. The molecule has 2 aromatic carbocycles. The van der Waals surface area contributed by atoms with Crippen molar-refractivity contribution in [3.63, 3.8) is 0 Å². The van der Waals surface area contributed by atoms with Gasteiger partial charge in [-0.1, -0.05) is 29.2 Å². The van der Waals surface area contributed by atoms with E-state index in [1.165, 1.54) is 24.3 Å². The summed E-state index contributed by atoms with van der Waals surface area (Å²) in [6.45, 7) is 1.56. The minimum absolute atomic E-state index is 0.0759. The molecule has 1 aromatic heterocycles. The van der Waals surface area contributed by atoms with Crippen molar-refractivity contribution in [3.8, 4) is 5.75 Å². The van der Waals surface area contributed by atoms with Crippen LogP contribution in [-0.4, -0.2) is 39.1 Å². The minimum Gasteiger partial charge on any atom is -0.406 e. The zero-order chi connectivity index (χ0) is 24.9. The molecule has 0 fully saturated rings. The molecule has 0 aliphatic carbocycles. The van der Waals surface area contributed by atoms with Crippen LogP contribution in [0.2, 0.25) is 0 Å². The third-order valence-electron chi connectivity index (χ3n) is 3.99. The van der Waals surface area contributed by atoms with E-state index in [1.807, 2.05) is 0 Å². The van der Waals surface area contributed by atoms with Gasteiger partial charge in [0.05, 0.1) is 10.7 Å². The van der Waals surface area contributed by atoms with Crippen LogP contribution >= 0.6 is 23.1 Å². The first kappa shape index (κ1) is 24.9. The maximum Gasteiger partial charge on any atom is 0.573 e. The zero-order valence-electron chi connectivity index (χ0n) is 17.1. The van der Waals surface area contributed by atoms with Crippen LogP contribution in [0.15, 0.2) is 46.8 Å². The molecular formula is C19H14F3N5O5S2. The second-order valence-electron chi connectivity index (χ2n) is 6.49. The Balaban J connectivity index is 1.51. The second kappa shape index (κ2) is 10.5. The number of carbonyl (C=O) groups is 2. The molecule has 34 heavy (non-hydrogen) atoms. The van der Waals surface area contributed by atoms with Crippen molar-refractivity contribution in [1.29, 1.82) is 0 Å². The Morgan fingerprint density at radius 2 is 1.85 bits per heavy atom. The summed E-state index contributed by atoms with van der Waals surface area (Å²) in [5.41, 5.74) is 0.583. The van der Waals surface area contributed by atoms with E-state index < -0.39 is 28.8 Å². The third kappa shape index (κ3) is 7.14. The number of amides is 2. The van der Waals surface area contributed by atoms with Crippen LogP contribution in [0.4, 0.5) is 29.7 Å². The molecule has 2 amide bonds. The molecule has 3 rings (SSSR count). The summed E-state index contributed by atoms with van der Waals surface area (Å²) in [7, 11) is 0. The molecule has 0 saturated heterocycles. The van der Waals surface area contributed by atoms with Gasteiger partial charge in [-0.3, -0.25) is 25.0 Å². The predicted molar refractivity (Wildman–Crippen MR) is 118 cm³/mol. The first-order valence-electron chi connectivity index (χ1n) is 9.18. The quantitative estimate of drug-likeness (QED) is 0.192. The number of nitrogens with one attached hydrogen (secondary N) is 2. The topological polar surface area (TPSA) is 136 Å². The Bertz CT molecular complexity index is 1220. The minimum atomic E-state index is -4.81. The zero-order valence-corrected chi connectivity index (χ0v) is 18.7. The Kier molecular flexibility index (Phi) is 7.68. The number of hydrogen-bond acceptors (Lipinski definition) is 9. The van der Waals surface area contributed by atoms with Gasteiger partial charge in [0.25, 0.3) is 11.6 Å². The maximum absolute atomic E-state index is 12.3. The van der Waals surface area contributed by atoms with Crippen LogP contribution in [0.5, 0.6) is 5.75 Å². The van der Waals surface area contributed by atoms with Crippen molar-refractivity contribution in [3.05, 3.63) is 63.7 Å². The average molecular weight is 513 g/mol. The number of nitrogens with zero attached hydrogens (tertiary/aromatic N) is 3. The van der Waals surface area contributed by atoms with E-state index in [0.29, 0.717) is 9.90 Å². The van der Waals surface area contributed by atoms with E-state index in [2.05, 4.69) is 25.6 Å². The van der Waals surface area contributed by atoms with Gasteiger partial charge in [-0.2, -0.15) is 0 Å². The van der Waals surface area contributed by atoms with Crippen LogP contribution < -0.4 is 15.4 Å². The first-order chi connectivity index (χ1) is 16.0. The van der Waals surface area contributed by atoms with E-state index in [9.17, 15) is 32.9 Å². The molecule has 178 valence electrons. The lowest BCUT2D eigenvalue weighted by Crippen LogP contribution is -2.17. The fraction of sp³-hybridized carbons (Fsp3) is 0.158. The monoisotopic (exact) mass is 513 g/mol. The van der Waals surface area contributed by atoms with Gasteiger partial charge in [0.15, 0.2) is 4.34 Å². The largest absolute Gasteiger partial charge is 0.573 e. The molecule has 0 bridgehead atoms. The molecule has 1 heterocycles. The highest BCUT2D eigenvalue weighted by molar-refractivity contribution is 8.01. The van der Waals surface area contributed by atoms with Gasteiger partial charge in [0.2, 0.25) is 11.0 Å². The standard InChI is InChI=1S/C19H14F3N5O5S2/c1-10-2-3-11(8-14(10)27(30)31)16(29)24-17-25-26-18(34-17)33-9-15(28)23-12-4-6-13(7-5-12)32-19(20,21)22/h2-8H,9H2,1H3,(H,23,28)(H,24,25,29). The van der Waals surface area contributed by atoms with Crippen LogP contribution in [0, 0.1) is 17.0 Å². The lowest BCUT2D eigenvalue weighted by molar-refractivity contribution is -0.385. The fourth-order valence-electron chi connectivity index (χ4n) is 2.50. The number of benzene rings is 2. The van der Waals surface area contributed by atoms with E-state index in [4.69, 9.17) is 0 Å². The maximum atomic E-state index is 12.3. The number of rotatable bonds is 8. The molecule has 0 spiro atoms. The van der Waals surface area contributed by atoms with Crippen molar-refractivity contribution < 1.29 is 32.4 Å². The van der Waals surface area contributed by atoms with Crippen molar-refractivity contribution in [2.75, 3.05) is 16.4 Å². The lowest BCUT2D eigenvalue weighted by atomic mass is 10.1. The van der Waals surface area contributed by atoms with Crippen molar-refractivity contribution in [2.24, 2.45) is 0 Å². The summed E-state index contributed by atoms with van der Waals surface area (Å²) in [4.78, 5) is 34.9. The third-order valence-corrected chi connectivity index (χ3v) is 5.97. The summed E-state index contributed by atoms with van der Waals surface area (Å²) in [6, 6.07) is 8.73. The van der Waals surface area contributed by atoms with Gasteiger partial charge in [-0.15, -0.1) is 23.4 Å². The number of thioether (sulfide) groups is 1. The summed E-state index contributed by atoms with van der Waals surface area (Å²) in [5, 5.41) is 23.8. The molecule has 0 radical (unpaired) electrons. The van der Waals surface area contributed by atoms with E-state index in [-0.39, 0.29) is 27.8 Å². The molecule has 0 aliphatic rings. The second-order valence-corrected chi connectivity index (χ2v) is 8.69. The normalized spacial score (nSPS) is 11.1. The Labute approximate surface area is 197 Å².